The van der Waals surface area contributed by atoms with E-state index < -0.39 is 0 Å². The summed E-state index contributed by atoms with van der Waals surface area (Å²) >= 11 is 0. The highest BCUT2D eigenvalue weighted by Gasteiger charge is 2.07. The summed E-state index contributed by atoms with van der Waals surface area (Å²) in [5.41, 5.74) is 7.96. The summed E-state index contributed by atoms with van der Waals surface area (Å²) in [5.74, 6) is 0.434. The molecule has 5 nitrogen and oxygen atoms in total. The zero-order chi connectivity index (χ0) is 9.54. The molecule has 0 aliphatic carbocycles. The summed E-state index contributed by atoms with van der Waals surface area (Å²) in [6.45, 7) is 0. The molecule has 14 heavy (non-hydrogen) atoms. The van der Waals surface area contributed by atoms with Gasteiger partial charge in [0.1, 0.15) is 11.0 Å². The van der Waals surface area contributed by atoms with Crippen LogP contribution < -0.4 is 5.73 Å². The zero-order valence-electron chi connectivity index (χ0n) is 7.23. The Kier molecular flexibility index (Phi) is 1.25. The van der Waals surface area contributed by atoms with Crippen molar-refractivity contribution in [3.05, 3.63) is 24.7 Å². The summed E-state index contributed by atoms with van der Waals surface area (Å²) in [5, 5.41) is 0.915. The highest BCUT2D eigenvalue weighted by molar-refractivity contribution is 6.04. The summed E-state index contributed by atoms with van der Waals surface area (Å²) in [6.07, 6.45) is 3.29. The molecule has 0 bridgehead atoms. The van der Waals surface area contributed by atoms with Gasteiger partial charge in [0.25, 0.3) is 0 Å². The molecule has 3 rings (SSSR count). The van der Waals surface area contributed by atoms with Crippen LogP contribution in [0, 0.1) is 0 Å². The number of imidazole rings is 1. The minimum atomic E-state index is 0.434. The first-order chi connectivity index (χ1) is 6.86. The Morgan fingerprint density at radius 2 is 2.21 bits per heavy atom. The average molecular weight is 185 g/mol. The van der Waals surface area contributed by atoms with Crippen molar-refractivity contribution in [3.63, 3.8) is 0 Å². The predicted molar refractivity (Wildman–Crippen MR) is 53.6 cm³/mol. The number of nitrogens with one attached hydrogen (secondary N) is 1. The molecule has 0 atom stereocenters. The third-order valence-electron chi connectivity index (χ3n) is 2.16. The maximum absolute atomic E-state index is 5.74. The third kappa shape index (κ3) is 0.806. The second kappa shape index (κ2) is 2.41. The molecule has 3 aromatic heterocycles. The number of hydrogen-bond acceptors (Lipinski definition) is 4. The normalized spacial score (nSPS) is 11.1. The quantitative estimate of drug-likeness (QED) is 0.549. The molecule has 68 valence electrons. The molecular formula is C9H7N5. The van der Waals surface area contributed by atoms with Crippen LogP contribution in [0.5, 0.6) is 0 Å². The summed E-state index contributed by atoms with van der Waals surface area (Å²) < 4.78 is 0. The summed E-state index contributed by atoms with van der Waals surface area (Å²) in [4.78, 5) is 15.4. The van der Waals surface area contributed by atoms with Gasteiger partial charge in [-0.15, -0.1) is 0 Å². The number of fused-ring (bicyclic) bond motifs is 3. The van der Waals surface area contributed by atoms with Gasteiger partial charge in [-0.05, 0) is 12.1 Å². The third-order valence-corrected chi connectivity index (χ3v) is 2.16. The first kappa shape index (κ1) is 7.25. The molecule has 0 saturated carbocycles. The molecule has 3 heterocycles. The van der Waals surface area contributed by atoms with Gasteiger partial charge in [0, 0.05) is 11.6 Å². The smallest absolute Gasteiger partial charge is 0.163 e. The van der Waals surface area contributed by atoms with E-state index in [1.54, 1.807) is 12.5 Å². The van der Waals surface area contributed by atoms with E-state index in [1.807, 2.05) is 12.1 Å². The van der Waals surface area contributed by atoms with Crippen LogP contribution in [0.3, 0.4) is 0 Å². The van der Waals surface area contributed by atoms with Crippen LogP contribution in [0.4, 0.5) is 5.82 Å². The van der Waals surface area contributed by atoms with Gasteiger partial charge in [-0.1, -0.05) is 0 Å². The monoisotopic (exact) mass is 185 g/mol. The van der Waals surface area contributed by atoms with Crippen LogP contribution >= 0.6 is 0 Å². The van der Waals surface area contributed by atoms with Crippen molar-refractivity contribution < 1.29 is 0 Å². The lowest BCUT2D eigenvalue weighted by atomic mass is 10.2. The van der Waals surface area contributed by atoms with Crippen molar-refractivity contribution in [1.29, 1.82) is 0 Å². The number of nitrogens with zero attached hydrogens (tertiary/aromatic N) is 3. The molecule has 3 aromatic rings. The summed E-state index contributed by atoms with van der Waals surface area (Å²) in [6, 6.07) is 3.78. The van der Waals surface area contributed by atoms with Gasteiger partial charge in [0.05, 0.1) is 6.33 Å². The molecule has 5 heteroatoms. The second-order valence-electron chi connectivity index (χ2n) is 3.00. The highest BCUT2D eigenvalue weighted by Crippen LogP contribution is 2.22. The molecule has 0 aliphatic heterocycles. The minimum Gasteiger partial charge on any atom is -0.382 e. The number of aromatic amines is 1. The van der Waals surface area contributed by atoms with E-state index in [4.69, 9.17) is 5.73 Å². The van der Waals surface area contributed by atoms with Crippen molar-refractivity contribution in [3.8, 4) is 0 Å². The maximum Gasteiger partial charge on any atom is 0.163 e. The molecule has 0 spiro atoms. The van der Waals surface area contributed by atoms with Gasteiger partial charge < -0.3 is 10.7 Å². The van der Waals surface area contributed by atoms with Crippen molar-refractivity contribution >= 4 is 27.9 Å². The van der Waals surface area contributed by atoms with E-state index >= 15 is 0 Å². The van der Waals surface area contributed by atoms with Crippen LogP contribution in [0.15, 0.2) is 24.7 Å². The lowest BCUT2D eigenvalue weighted by Gasteiger charge is -1.98. The first-order valence-corrected chi connectivity index (χ1v) is 4.19. The van der Waals surface area contributed by atoms with E-state index in [0.29, 0.717) is 11.5 Å². The average Bonchev–Trinajstić information content (AvgIpc) is 2.67. The van der Waals surface area contributed by atoms with E-state index in [-0.39, 0.29) is 0 Å². The number of H-pyrrole nitrogens is 1. The van der Waals surface area contributed by atoms with E-state index in [0.717, 1.165) is 16.4 Å². The van der Waals surface area contributed by atoms with Crippen LogP contribution in [0.1, 0.15) is 0 Å². The molecule has 0 aliphatic rings. The lowest BCUT2D eigenvalue weighted by Crippen LogP contribution is -1.94. The SMILES string of the molecule is Nc1nc2ncccc2c2nc[nH]c12. The largest absolute Gasteiger partial charge is 0.382 e. The number of anilines is 1. The molecule has 0 unspecified atom stereocenters. The Morgan fingerprint density at radius 3 is 3.14 bits per heavy atom. The Morgan fingerprint density at radius 1 is 1.29 bits per heavy atom. The van der Waals surface area contributed by atoms with Crippen LogP contribution in [0.25, 0.3) is 22.1 Å². The van der Waals surface area contributed by atoms with Gasteiger partial charge in [0.2, 0.25) is 0 Å². The van der Waals surface area contributed by atoms with Gasteiger partial charge in [-0.25, -0.2) is 15.0 Å². The number of pyridine rings is 2. The van der Waals surface area contributed by atoms with Crippen LogP contribution in [-0.2, 0) is 0 Å². The Hall–Kier alpha value is -2.17. The molecule has 0 amide bonds. The molecule has 0 fully saturated rings. The number of nitrogens with two attached hydrogens (primary N) is 1. The Balaban J connectivity index is 2.66. The molecule has 0 radical (unpaired) electrons. The standard InChI is InChI=1S/C9H7N5/c10-8-7-6(12-4-13-7)5-2-1-3-11-9(5)14-8/h1-4H,(H,12,13)(H2,10,11,14). The maximum atomic E-state index is 5.74. The van der Waals surface area contributed by atoms with Gasteiger partial charge in [0.15, 0.2) is 11.5 Å². The van der Waals surface area contributed by atoms with Crippen molar-refractivity contribution in [2.75, 3.05) is 5.73 Å². The minimum absolute atomic E-state index is 0.434. The Bertz CT molecular complexity index is 613. The number of nitrogen functional groups attached to an aromatic ring is 1. The molecule has 3 N–H and O–H groups in total. The van der Waals surface area contributed by atoms with Crippen molar-refractivity contribution in [2.45, 2.75) is 0 Å². The fraction of sp³-hybridized carbons (Fsp3) is 0. The van der Waals surface area contributed by atoms with E-state index in [2.05, 4.69) is 19.9 Å². The van der Waals surface area contributed by atoms with Gasteiger partial charge in [-0.2, -0.15) is 0 Å². The van der Waals surface area contributed by atoms with E-state index in [9.17, 15) is 0 Å². The zero-order valence-corrected chi connectivity index (χ0v) is 7.23. The van der Waals surface area contributed by atoms with Gasteiger partial charge >= 0.3 is 0 Å². The first-order valence-electron chi connectivity index (χ1n) is 4.19. The van der Waals surface area contributed by atoms with Crippen LogP contribution in [0.2, 0.25) is 0 Å². The second-order valence-corrected chi connectivity index (χ2v) is 3.00. The number of aromatic nitrogens is 4. The lowest BCUT2D eigenvalue weighted by molar-refractivity contribution is 1.30. The molecule has 0 aromatic carbocycles. The molecule has 0 saturated heterocycles. The fourth-order valence-corrected chi connectivity index (χ4v) is 1.53. The fourth-order valence-electron chi connectivity index (χ4n) is 1.53. The number of hydrogen-bond donors (Lipinski definition) is 2. The Labute approximate surface area is 79.0 Å². The van der Waals surface area contributed by atoms with Gasteiger partial charge in [-0.3, -0.25) is 0 Å². The van der Waals surface area contributed by atoms with Crippen LogP contribution in [-0.4, -0.2) is 19.9 Å². The van der Waals surface area contributed by atoms with E-state index in [1.165, 1.54) is 0 Å². The summed E-state index contributed by atoms with van der Waals surface area (Å²) in [7, 11) is 0. The molecular weight excluding hydrogens is 178 g/mol. The topological polar surface area (TPSA) is 80.5 Å². The number of rotatable bonds is 0. The van der Waals surface area contributed by atoms with Crippen molar-refractivity contribution in [2.24, 2.45) is 0 Å². The highest BCUT2D eigenvalue weighted by atomic mass is 15.0. The predicted octanol–water partition coefficient (Wildman–Crippen LogP) is 1.09. The van der Waals surface area contributed by atoms with Crippen molar-refractivity contribution in [1.82, 2.24) is 19.9 Å².